The molecule has 0 unspecified atom stereocenters. The van der Waals surface area contributed by atoms with E-state index < -0.39 is 11.7 Å². The van der Waals surface area contributed by atoms with Crippen LogP contribution in [0.1, 0.15) is 97.5 Å². The SMILES string of the molecule is O=C(O)c1ccccc1[O-].c1ccc([S+](c2ccc(C3CCCCC3)cc2)c2ccc(C3CCCCC3)cc2)cc1. The van der Waals surface area contributed by atoms with E-state index in [0.717, 1.165) is 11.8 Å². The molecular formula is C37H40O3S. The van der Waals surface area contributed by atoms with Gasteiger partial charge in [0.2, 0.25) is 0 Å². The van der Waals surface area contributed by atoms with E-state index >= 15 is 0 Å². The molecule has 0 spiro atoms. The molecule has 0 aromatic heterocycles. The van der Waals surface area contributed by atoms with E-state index in [1.54, 1.807) is 11.1 Å². The monoisotopic (exact) mass is 564 g/mol. The van der Waals surface area contributed by atoms with E-state index in [-0.39, 0.29) is 16.5 Å². The summed E-state index contributed by atoms with van der Waals surface area (Å²) in [5, 5.41) is 19.0. The first kappa shape index (κ1) is 29.0. The van der Waals surface area contributed by atoms with Gasteiger partial charge in [0.1, 0.15) is 0 Å². The standard InChI is InChI=1S/C30H35S.C7H6O3/c1-4-10-24(11-5-1)26-16-20-29(21-17-26)31(28-14-8-3-9-15-28)30-22-18-27(19-23-30)25-12-6-2-7-13-25;8-6-4-2-1-3-5(6)7(9)10/h3,8-9,14-25H,1-2,4-7,10-13H2;1-4,8H,(H,9,10)/q+1;/p-1. The predicted molar refractivity (Wildman–Crippen MR) is 166 cm³/mol. The fourth-order valence-corrected chi connectivity index (χ4v) is 8.29. The molecule has 4 aromatic carbocycles. The van der Waals surface area contributed by atoms with Gasteiger partial charge >= 0.3 is 5.97 Å². The van der Waals surface area contributed by atoms with Gasteiger partial charge in [-0.3, -0.25) is 0 Å². The largest absolute Gasteiger partial charge is 0.872 e. The fourth-order valence-electron chi connectivity index (χ4n) is 6.23. The number of benzene rings is 4. The molecule has 41 heavy (non-hydrogen) atoms. The van der Waals surface area contributed by atoms with E-state index in [1.165, 1.54) is 103 Å². The molecule has 212 valence electrons. The normalized spacial score (nSPS) is 16.1. The first-order valence-corrected chi connectivity index (χ1v) is 16.3. The Hall–Kier alpha value is -3.50. The quantitative estimate of drug-likeness (QED) is 0.237. The predicted octanol–water partition coefficient (Wildman–Crippen LogP) is 9.34. The minimum atomic E-state index is -1.18. The van der Waals surface area contributed by atoms with E-state index in [9.17, 15) is 9.90 Å². The van der Waals surface area contributed by atoms with Crippen LogP contribution in [0.3, 0.4) is 0 Å². The first-order chi connectivity index (χ1) is 20.1. The molecule has 4 aromatic rings. The number of carboxylic acid groups (broad SMARTS) is 1. The van der Waals surface area contributed by atoms with Gasteiger partial charge in [0.05, 0.1) is 16.5 Å². The lowest BCUT2D eigenvalue weighted by molar-refractivity contribution is -0.268. The van der Waals surface area contributed by atoms with Crippen LogP contribution in [0, 0.1) is 0 Å². The Labute approximate surface area is 247 Å². The van der Waals surface area contributed by atoms with Gasteiger partial charge in [-0.15, -0.1) is 0 Å². The van der Waals surface area contributed by atoms with Crippen molar-refractivity contribution in [2.24, 2.45) is 0 Å². The van der Waals surface area contributed by atoms with Crippen LogP contribution in [0.5, 0.6) is 5.75 Å². The topological polar surface area (TPSA) is 60.4 Å². The van der Waals surface area contributed by atoms with Gasteiger partial charge < -0.3 is 10.2 Å². The molecule has 2 fully saturated rings. The Kier molecular flexibility index (Phi) is 10.2. The van der Waals surface area contributed by atoms with Crippen LogP contribution in [-0.2, 0) is 10.9 Å². The molecule has 3 nitrogen and oxygen atoms in total. The van der Waals surface area contributed by atoms with E-state index in [1.807, 2.05) is 0 Å². The number of aromatic carboxylic acids is 1. The summed E-state index contributed by atoms with van der Waals surface area (Å²) in [6.07, 6.45) is 13.9. The van der Waals surface area contributed by atoms with Crippen LogP contribution in [-0.4, -0.2) is 11.1 Å². The van der Waals surface area contributed by atoms with Crippen LogP contribution in [0.4, 0.5) is 0 Å². The highest BCUT2D eigenvalue weighted by atomic mass is 32.2. The maximum atomic E-state index is 10.7. The van der Waals surface area contributed by atoms with Crippen molar-refractivity contribution >= 4 is 16.9 Å². The van der Waals surface area contributed by atoms with Gasteiger partial charge in [-0.2, -0.15) is 0 Å². The van der Waals surface area contributed by atoms with Crippen molar-refractivity contribution in [2.75, 3.05) is 0 Å². The maximum Gasteiger partial charge on any atom is 0.335 e. The highest BCUT2D eigenvalue weighted by molar-refractivity contribution is 7.97. The maximum absolute atomic E-state index is 10.7. The van der Waals surface area contributed by atoms with Crippen molar-refractivity contribution in [1.29, 1.82) is 0 Å². The second kappa shape index (κ2) is 14.4. The zero-order valence-corrected chi connectivity index (χ0v) is 24.5. The fraction of sp³-hybridized carbons (Fsp3) is 0.324. The van der Waals surface area contributed by atoms with Gasteiger partial charge in [0, 0.05) is 0 Å². The van der Waals surface area contributed by atoms with E-state index in [0.29, 0.717) is 0 Å². The second-order valence-electron chi connectivity index (χ2n) is 11.2. The van der Waals surface area contributed by atoms with Crippen molar-refractivity contribution in [3.05, 3.63) is 120 Å². The summed E-state index contributed by atoms with van der Waals surface area (Å²) in [4.78, 5) is 14.5. The van der Waals surface area contributed by atoms with Crippen LogP contribution in [0.2, 0.25) is 0 Å². The molecule has 4 heteroatoms. The van der Waals surface area contributed by atoms with Gasteiger partial charge in [-0.05, 0) is 91.1 Å². The Morgan fingerprint density at radius 3 is 1.39 bits per heavy atom. The van der Waals surface area contributed by atoms with Crippen molar-refractivity contribution in [3.8, 4) is 5.75 Å². The summed E-state index contributed by atoms with van der Waals surface area (Å²) in [6, 6.07) is 36.0. The van der Waals surface area contributed by atoms with E-state index in [4.69, 9.17) is 5.11 Å². The van der Waals surface area contributed by atoms with Gasteiger partial charge in [0.15, 0.2) is 14.7 Å². The highest BCUT2D eigenvalue weighted by Gasteiger charge is 2.29. The third-order valence-corrected chi connectivity index (χ3v) is 10.7. The molecule has 2 aliphatic rings. The van der Waals surface area contributed by atoms with Crippen LogP contribution >= 0.6 is 0 Å². The molecular weight excluding hydrogens is 524 g/mol. The highest BCUT2D eigenvalue weighted by Crippen LogP contribution is 2.37. The lowest BCUT2D eigenvalue weighted by atomic mass is 9.84. The average molecular weight is 565 g/mol. The Bertz CT molecular complexity index is 1310. The molecule has 2 aliphatic carbocycles. The summed E-state index contributed by atoms with van der Waals surface area (Å²) >= 11 is 0. The average Bonchev–Trinajstić information content (AvgIpc) is 3.04. The van der Waals surface area contributed by atoms with Crippen molar-refractivity contribution in [2.45, 2.75) is 90.7 Å². The molecule has 0 amide bonds. The summed E-state index contributed by atoms with van der Waals surface area (Å²) < 4.78 is 0. The number of hydrogen-bond acceptors (Lipinski definition) is 2. The van der Waals surface area contributed by atoms with Crippen LogP contribution in [0.15, 0.2) is 118 Å². The Morgan fingerprint density at radius 1 is 0.561 bits per heavy atom. The van der Waals surface area contributed by atoms with Gasteiger partial charge in [-0.25, -0.2) is 4.79 Å². The second-order valence-corrected chi connectivity index (χ2v) is 13.3. The summed E-state index contributed by atoms with van der Waals surface area (Å²) in [5.74, 6) is -0.0761. The van der Waals surface area contributed by atoms with Crippen molar-refractivity contribution in [3.63, 3.8) is 0 Å². The summed E-state index contributed by atoms with van der Waals surface area (Å²) in [7, 11) is -0.0410. The molecule has 0 radical (unpaired) electrons. The Morgan fingerprint density at radius 2 is 0.976 bits per heavy atom. The summed E-state index contributed by atoms with van der Waals surface area (Å²) in [6.45, 7) is 0. The van der Waals surface area contributed by atoms with Gasteiger partial charge in [-0.1, -0.05) is 105 Å². The molecule has 0 bridgehead atoms. The lowest BCUT2D eigenvalue weighted by Crippen LogP contribution is -2.08. The number of rotatable bonds is 6. The molecule has 6 rings (SSSR count). The zero-order chi connectivity index (χ0) is 28.4. The van der Waals surface area contributed by atoms with Crippen LogP contribution < -0.4 is 5.11 Å². The van der Waals surface area contributed by atoms with Crippen molar-refractivity contribution in [1.82, 2.24) is 0 Å². The Balaban J connectivity index is 0.000000287. The van der Waals surface area contributed by atoms with E-state index in [2.05, 4.69) is 78.9 Å². The number of hydrogen-bond donors (Lipinski definition) is 1. The minimum absolute atomic E-state index is 0.0410. The number of para-hydroxylation sites is 1. The van der Waals surface area contributed by atoms with Crippen molar-refractivity contribution < 1.29 is 15.0 Å². The third-order valence-electron chi connectivity index (χ3n) is 8.48. The van der Waals surface area contributed by atoms with Crippen LogP contribution in [0.25, 0.3) is 0 Å². The molecule has 0 heterocycles. The summed E-state index contributed by atoms with van der Waals surface area (Å²) in [5.41, 5.74) is 2.92. The molecule has 1 N–H and O–H groups in total. The molecule has 0 atom stereocenters. The molecule has 2 saturated carbocycles. The number of carbonyl (C=O) groups is 1. The number of carboxylic acids is 1. The minimum Gasteiger partial charge on any atom is -0.872 e. The lowest BCUT2D eigenvalue weighted by Gasteiger charge is -2.22. The third kappa shape index (κ3) is 7.62. The zero-order valence-electron chi connectivity index (χ0n) is 23.7. The molecule has 0 saturated heterocycles. The first-order valence-electron chi connectivity index (χ1n) is 15.1. The van der Waals surface area contributed by atoms with Gasteiger partial charge in [0.25, 0.3) is 0 Å². The smallest absolute Gasteiger partial charge is 0.335 e. The molecule has 0 aliphatic heterocycles.